The van der Waals surface area contributed by atoms with Crippen LogP contribution in [0.25, 0.3) is 0 Å². The van der Waals surface area contributed by atoms with E-state index in [9.17, 15) is 0 Å². The number of hydrogen-bond donors (Lipinski definition) is 0. The van der Waals surface area contributed by atoms with E-state index in [0.29, 0.717) is 0 Å². The van der Waals surface area contributed by atoms with Gasteiger partial charge in [0.25, 0.3) is 0 Å². The SMILES string of the molecule is Cc1c[cH-]cc1C.Cc1ccc(C)[cH-]1.[Ti+2]=[C]1CCCCC1. The molecule has 1 aliphatic carbocycles. The maximum absolute atomic E-state index is 2.28. The molecule has 0 aliphatic heterocycles. The van der Waals surface area contributed by atoms with Crippen LogP contribution in [0.2, 0.25) is 0 Å². The minimum absolute atomic E-state index is 1.36. The Morgan fingerprint density at radius 3 is 1.48 bits per heavy atom. The van der Waals surface area contributed by atoms with Gasteiger partial charge in [0.15, 0.2) is 0 Å². The quantitative estimate of drug-likeness (QED) is 0.431. The van der Waals surface area contributed by atoms with Crippen molar-refractivity contribution in [2.45, 2.75) is 59.8 Å². The van der Waals surface area contributed by atoms with Gasteiger partial charge in [-0.25, -0.2) is 12.1 Å². The van der Waals surface area contributed by atoms with Crippen LogP contribution >= 0.6 is 0 Å². The molecule has 0 N–H and O–H groups in total. The molecule has 0 nitrogen and oxygen atoms in total. The monoisotopic (exact) mass is 316 g/mol. The molecule has 0 spiro atoms. The van der Waals surface area contributed by atoms with E-state index < -0.39 is 0 Å². The molecule has 0 radical (unpaired) electrons. The molecular formula is C20H28Ti. The zero-order valence-corrected chi connectivity index (χ0v) is 15.6. The van der Waals surface area contributed by atoms with Gasteiger partial charge in [-0.3, -0.25) is 0 Å². The summed E-state index contributed by atoms with van der Waals surface area (Å²) in [6.45, 7) is 8.45. The molecule has 1 fully saturated rings. The van der Waals surface area contributed by atoms with Crippen LogP contribution in [-0.4, -0.2) is 3.81 Å². The summed E-state index contributed by atoms with van der Waals surface area (Å²) in [6, 6.07) is 12.7. The normalized spacial score (nSPS) is 13.9. The molecule has 2 aromatic carbocycles. The van der Waals surface area contributed by atoms with Crippen LogP contribution in [0.4, 0.5) is 0 Å². The summed E-state index contributed by atoms with van der Waals surface area (Å²) >= 11 is 2.28. The average Bonchev–Trinajstić information content (AvgIpc) is 3.01. The Bertz CT molecular complexity index is 487. The summed E-state index contributed by atoms with van der Waals surface area (Å²) < 4.78 is 1.71. The molecular weight excluding hydrogens is 288 g/mol. The van der Waals surface area contributed by atoms with E-state index >= 15 is 0 Å². The van der Waals surface area contributed by atoms with Gasteiger partial charge < -0.3 is 0 Å². The van der Waals surface area contributed by atoms with Gasteiger partial charge in [-0.1, -0.05) is 27.7 Å². The molecule has 0 atom stereocenters. The number of rotatable bonds is 0. The third-order valence-electron chi connectivity index (χ3n) is 3.84. The Labute approximate surface area is 142 Å². The maximum atomic E-state index is 2.28. The first-order chi connectivity index (χ1) is 9.99. The predicted octanol–water partition coefficient (Wildman–Crippen LogP) is 5.71. The zero-order chi connectivity index (χ0) is 15.7. The summed E-state index contributed by atoms with van der Waals surface area (Å²) in [7, 11) is 0. The van der Waals surface area contributed by atoms with Crippen molar-refractivity contribution < 1.29 is 20.0 Å². The Balaban J connectivity index is 0.000000157. The molecule has 0 heterocycles. The van der Waals surface area contributed by atoms with E-state index in [2.05, 4.69) is 84.1 Å². The summed E-state index contributed by atoms with van der Waals surface area (Å²) in [4.78, 5) is 0. The fraction of sp³-hybridized carbons (Fsp3) is 0.450. The van der Waals surface area contributed by atoms with Crippen molar-refractivity contribution in [1.82, 2.24) is 0 Å². The molecule has 0 aromatic heterocycles. The third-order valence-corrected chi connectivity index (χ3v) is 4.62. The van der Waals surface area contributed by atoms with Crippen LogP contribution < -0.4 is 0 Å². The molecule has 0 amide bonds. The van der Waals surface area contributed by atoms with Crippen molar-refractivity contribution in [1.29, 1.82) is 0 Å². The van der Waals surface area contributed by atoms with Crippen LogP contribution in [-0.2, 0) is 20.0 Å². The Morgan fingerprint density at radius 2 is 1.29 bits per heavy atom. The predicted molar refractivity (Wildman–Crippen MR) is 91.1 cm³/mol. The van der Waals surface area contributed by atoms with E-state index in [-0.39, 0.29) is 0 Å². The van der Waals surface area contributed by atoms with Crippen LogP contribution in [0.5, 0.6) is 0 Å². The van der Waals surface area contributed by atoms with Gasteiger partial charge in [0.05, 0.1) is 0 Å². The summed E-state index contributed by atoms with van der Waals surface area (Å²) in [5, 5.41) is 0. The standard InChI is InChI=1S/2C7H9.C6H10.Ti/c1-6-3-4-7(2)5-6;1-6-4-3-5-7(6)2;1-2-4-6-5-3-1;/h2*3-5H,1-2H3;1-5H2;/q2*-1;;+2. The van der Waals surface area contributed by atoms with Crippen molar-refractivity contribution in [2.75, 3.05) is 0 Å². The van der Waals surface area contributed by atoms with Gasteiger partial charge in [0, 0.05) is 0 Å². The van der Waals surface area contributed by atoms with E-state index in [1.807, 2.05) is 0 Å². The molecule has 21 heavy (non-hydrogen) atoms. The first-order valence-electron chi connectivity index (χ1n) is 7.94. The van der Waals surface area contributed by atoms with Crippen LogP contribution in [0.1, 0.15) is 54.4 Å². The van der Waals surface area contributed by atoms with Gasteiger partial charge in [-0.2, -0.15) is 46.5 Å². The summed E-state index contributed by atoms with van der Waals surface area (Å²) in [6.07, 6.45) is 7.18. The molecule has 1 saturated carbocycles. The van der Waals surface area contributed by atoms with Gasteiger partial charge in [-0.05, 0) is 0 Å². The van der Waals surface area contributed by atoms with E-state index in [0.717, 1.165) is 0 Å². The topological polar surface area (TPSA) is 0 Å². The van der Waals surface area contributed by atoms with E-state index in [1.54, 1.807) is 3.81 Å². The van der Waals surface area contributed by atoms with Crippen LogP contribution in [0.3, 0.4) is 0 Å². The van der Waals surface area contributed by atoms with E-state index in [1.165, 1.54) is 54.4 Å². The average molecular weight is 316 g/mol. The Morgan fingerprint density at radius 1 is 0.810 bits per heavy atom. The van der Waals surface area contributed by atoms with Crippen LogP contribution in [0.15, 0.2) is 36.4 Å². The molecule has 1 aliphatic rings. The zero-order valence-electron chi connectivity index (χ0n) is 14.0. The molecule has 0 bridgehead atoms. The molecule has 1 heteroatoms. The summed E-state index contributed by atoms with van der Waals surface area (Å²) in [5.74, 6) is 0. The number of hydrogen-bond acceptors (Lipinski definition) is 0. The second-order valence-electron chi connectivity index (χ2n) is 6.02. The van der Waals surface area contributed by atoms with Crippen molar-refractivity contribution in [2.24, 2.45) is 0 Å². The van der Waals surface area contributed by atoms with Crippen molar-refractivity contribution in [3.8, 4) is 0 Å². The first-order valence-corrected chi connectivity index (χ1v) is 8.72. The van der Waals surface area contributed by atoms with Gasteiger partial charge in [0.2, 0.25) is 0 Å². The Kier molecular flexibility index (Phi) is 8.80. The molecule has 2 aromatic rings. The van der Waals surface area contributed by atoms with E-state index in [4.69, 9.17) is 0 Å². The fourth-order valence-electron chi connectivity index (χ4n) is 2.30. The molecule has 0 unspecified atom stereocenters. The van der Waals surface area contributed by atoms with Crippen molar-refractivity contribution >= 4 is 3.81 Å². The van der Waals surface area contributed by atoms with Gasteiger partial charge in [-0.15, -0.1) is 0 Å². The van der Waals surface area contributed by atoms with Gasteiger partial charge >= 0.3 is 55.9 Å². The minimum atomic E-state index is 1.36. The van der Waals surface area contributed by atoms with Gasteiger partial charge in [0.1, 0.15) is 0 Å². The molecule has 112 valence electrons. The van der Waals surface area contributed by atoms with Crippen molar-refractivity contribution in [3.63, 3.8) is 0 Å². The first kappa shape index (κ1) is 18.3. The molecule has 0 saturated heterocycles. The third kappa shape index (κ3) is 8.34. The fourth-order valence-corrected chi connectivity index (χ4v) is 2.85. The number of aryl methyl sites for hydroxylation is 4. The van der Waals surface area contributed by atoms with Crippen LogP contribution in [0, 0.1) is 27.7 Å². The summed E-state index contributed by atoms with van der Waals surface area (Å²) in [5.41, 5.74) is 5.50. The molecule has 3 rings (SSSR count). The van der Waals surface area contributed by atoms with Crippen molar-refractivity contribution in [3.05, 3.63) is 58.7 Å². The second-order valence-corrected chi connectivity index (χ2v) is 7.13. The second kappa shape index (κ2) is 10.1. The Hall–Kier alpha value is -0.716.